The molecule has 284 valence electrons. The third-order valence-corrected chi connectivity index (χ3v) is 13.4. The normalized spacial score (nSPS) is 13.0. The Kier molecular flexibility index (Phi) is 7.26. The third-order valence-electron chi connectivity index (χ3n) is 13.4. The lowest BCUT2D eigenvalue weighted by Crippen LogP contribution is -2.32. The molecule has 61 heavy (non-hydrogen) atoms. The van der Waals surface area contributed by atoms with Crippen molar-refractivity contribution in [3.63, 3.8) is 0 Å². The number of aromatic nitrogens is 1. The summed E-state index contributed by atoms with van der Waals surface area (Å²) >= 11 is 0. The van der Waals surface area contributed by atoms with Gasteiger partial charge in [-0.2, -0.15) is 0 Å². The van der Waals surface area contributed by atoms with Crippen molar-refractivity contribution in [3.8, 4) is 39.1 Å². The average Bonchev–Trinajstić information content (AvgIpc) is 3.82. The topological polar surface area (TPSA) is 8.17 Å². The minimum Gasteiger partial charge on any atom is -0.310 e. The highest BCUT2D eigenvalue weighted by Crippen LogP contribution is 2.63. The minimum atomic E-state index is -0.549. The molecule has 0 bridgehead atoms. The number of fused-ring (bicyclic) bond motifs is 12. The molecule has 0 amide bonds. The summed E-state index contributed by atoms with van der Waals surface area (Å²) in [4.78, 5) is 2.45. The van der Waals surface area contributed by atoms with Crippen LogP contribution in [0.2, 0.25) is 0 Å². The van der Waals surface area contributed by atoms with Crippen molar-refractivity contribution in [2.75, 3.05) is 4.90 Å². The largest absolute Gasteiger partial charge is 0.310 e. The van der Waals surface area contributed by atoms with Crippen LogP contribution in [0.4, 0.5) is 17.1 Å². The Morgan fingerprint density at radius 2 is 0.852 bits per heavy atom. The molecule has 0 saturated carbocycles. The Morgan fingerprint density at radius 1 is 0.311 bits per heavy atom. The van der Waals surface area contributed by atoms with Crippen molar-refractivity contribution < 1.29 is 0 Å². The van der Waals surface area contributed by atoms with E-state index in [9.17, 15) is 0 Å². The molecule has 2 aliphatic carbocycles. The molecule has 1 spiro atoms. The highest BCUT2D eigenvalue weighted by atomic mass is 15.1. The van der Waals surface area contributed by atoms with Crippen molar-refractivity contribution in [2.45, 2.75) is 5.41 Å². The molecule has 0 atom stereocenters. The smallest absolute Gasteiger partial charge is 0.0726 e. The molecule has 11 aromatic rings. The Balaban J connectivity index is 1.11. The predicted octanol–water partition coefficient (Wildman–Crippen LogP) is 15.4. The van der Waals surface area contributed by atoms with E-state index in [1.807, 2.05) is 0 Å². The van der Waals surface area contributed by atoms with E-state index in [1.165, 1.54) is 88.2 Å². The summed E-state index contributed by atoms with van der Waals surface area (Å²) in [7, 11) is 0. The fourth-order valence-electron chi connectivity index (χ4n) is 11.0. The number of nitrogens with zero attached hydrogens (tertiary/aromatic N) is 2. The van der Waals surface area contributed by atoms with Gasteiger partial charge in [0.1, 0.15) is 0 Å². The lowest BCUT2D eigenvalue weighted by molar-refractivity contribution is 0.773. The van der Waals surface area contributed by atoms with Gasteiger partial charge in [-0.3, -0.25) is 0 Å². The zero-order valence-electron chi connectivity index (χ0n) is 33.3. The summed E-state index contributed by atoms with van der Waals surface area (Å²) in [5, 5.41) is 5.09. The Hall–Kier alpha value is -7.94. The zero-order chi connectivity index (χ0) is 40.1. The second kappa shape index (κ2) is 13.0. The van der Waals surface area contributed by atoms with Gasteiger partial charge in [-0.1, -0.05) is 176 Å². The minimum absolute atomic E-state index is 0.549. The molecule has 0 saturated heterocycles. The van der Waals surface area contributed by atoms with Gasteiger partial charge in [-0.25, -0.2) is 0 Å². The van der Waals surface area contributed by atoms with Crippen LogP contribution in [0.5, 0.6) is 0 Å². The van der Waals surface area contributed by atoms with Crippen LogP contribution in [0.1, 0.15) is 22.3 Å². The van der Waals surface area contributed by atoms with Crippen LogP contribution in [0.15, 0.2) is 231 Å². The van der Waals surface area contributed by atoms with Crippen molar-refractivity contribution in [2.24, 2.45) is 0 Å². The Bertz CT molecular complexity index is 3480. The predicted molar refractivity (Wildman–Crippen MR) is 255 cm³/mol. The summed E-state index contributed by atoms with van der Waals surface area (Å²) in [6.07, 6.45) is 0. The standard InChI is InChI=1S/C59H38N2/c1-4-17-39(18-5-1)44-35-36-51-47-33-31-42(37-55(47)59(54-29-16-26-50(44)58(51)54)52-27-13-10-23-45(52)46-24-11-14-28-53(46)59)60(40-19-6-2-7-20-40)43-32-34-49-48-25-12-15-30-56(48)61(57(49)38-43)41-21-8-3-9-22-41/h1-38H. The summed E-state index contributed by atoms with van der Waals surface area (Å²) < 4.78 is 2.41. The van der Waals surface area contributed by atoms with E-state index in [1.54, 1.807) is 0 Å². The summed E-state index contributed by atoms with van der Waals surface area (Å²) in [6.45, 7) is 0. The van der Waals surface area contributed by atoms with Crippen LogP contribution in [0.25, 0.3) is 71.6 Å². The van der Waals surface area contributed by atoms with Gasteiger partial charge in [0.15, 0.2) is 0 Å². The van der Waals surface area contributed by atoms with Crippen molar-refractivity contribution in [1.82, 2.24) is 4.57 Å². The summed E-state index contributed by atoms with van der Waals surface area (Å²) in [5.41, 5.74) is 19.2. The second-order valence-electron chi connectivity index (χ2n) is 16.4. The van der Waals surface area contributed by atoms with E-state index in [0.29, 0.717) is 0 Å². The molecule has 2 nitrogen and oxygen atoms in total. The monoisotopic (exact) mass is 774 g/mol. The van der Waals surface area contributed by atoms with Crippen molar-refractivity contribution in [1.29, 1.82) is 0 Å². The Morgan fingerprint density at radius 3 is 1.62 bits per heavy atom. The van der Waals surface area contributed by atoms with Crippen LogP contribution in [-0.2, 0) is 5.41 Å². The molecule has 0 unspecified atom stereocenters. The molecule has 2 aliphatic rings. The number of benzene rings is 10. The van der Waals surface area contributed by atoms with E-state index in [2.05, 4.69) is 240 Å². The van der Waals surface area contributed by atoms with Crippen LogP contribution in [-0.4, -0.2) is 4.57 Å². The molecule has 1 aromatic heterocycles. The highest BCUT2D eigenvalue weighted by molar-refractivity contribution is 6.13. The number of hydrogen-bond donors (Lipinski definition) is 0. The van der Waals surface area contributed by atoms with E-state index >= 15 is 0 Å². The second-order valence-corrected chi connectivity index (χ2v) is 16.4. The lowest BCUT2D eigenvalue weighted by Gasteiger charge is -2.41. The van der Waals surface area contributed by atoms with Crippen molar-refractivity contribution >= 4 is 49.6 Å². The van der Waals surface area contributed by atoms with Gasteiger partial charge in [-0.05, 0) is 121 Å². The highest BCUT2D eigenvalue weighted by Gasteiger charge is 2.50. The quantitative estimate of drug-likeness (QED) is 0.169. The van der Waals surface area contributed by atoms with Gasteiger partial charge in [0.25, 0.3) is 0 Å². The van der Waals surface area contributed by atoms with E-state index in [4.69, 9.17) is 0 Å². The summed E-state index contributed by atoms with van der Waals surface area (Å²) in [5.74, 6) is 0. The molecule has 0 aliphatic heterocycles. The zero-order valence-corrected chi connectivity index (χ0v) is 33.3. The molecular formula is C59H38N2. The van der Waals surface area contributed by atoms with Crippen molar-refractivity contribution in [3.05, 3.63) is 253 Å². The molecule has 0 radical (unpaired) electrons. The first-order chi connectivity index (χ1) is 30.3. The first-order valence-corrected chi connectivity index (χ1v) is 21.2. The molecule has 0 fully saturated rings. The lowest BCUT2D eigenvalue weighted by atomic mass is 9.61. The number of anilines is 3. The first kappa shape index (κ1) is 34.0. The van der Waals surface area contributed by atoms with Crippen LogP contribution in [0, 0.1) is 0 Å². The van der Waals surface area contributed by atoms with Gasteiger partial charge in [-0.15, -0.1) is 0 Å². The number of hydrogen-bond acceptors (Lipinski definition) is 1. The maximum atomic E-state index is 2.50. The van der Waals surface area contributed by atoms with Gasteiger partial charge < -0.3 is 9.47 Å². The fourth-order valence-corrected chi connectivity index (χ4v) is 11.0. The van der Waals surface area contributed by atoms with E-state index in [0.717, 1.165) is 22.7 Å². The number of para-hydroxylation sites is 3. The van der Waals surface area contributed by atoms with Crippen LogP contribution < -0.4 is 4.90 Å². The maximum Gasteiger partial charge on any atom is 0.0726 e. The van der Waals surface area contributed by atoms with Crippen LogP contribution in [0.3, 0.4) is 0 Å². The molecule has 1 heterocycles. The van der Waals surface area contributed by atoms with Gasteiger partial charge in [0.05, 0.1) is 16.4 Å². The molecular weight excluding hydrogens is 737 g/mol. The van der Waals surface area contributed by atoms with Crippen LogP contribution >= 0.6 is 0 Å². The molecule has 10 aromatic carbocycles. The van der Waals surface area contributed by atoms with Gasteiger partial charge >= 0.3 is 0 Å². The fraction of sp³-hybridized carbons (Fsp3) is 0.0169. The molecule has 13 rings (SSSR count). The number of rotatable bonds is 5. The Labute approximate surface area is 354 Å². The van der Waals surface area contributed by atoms with E-state index in [-0.39, 0.29) is 0 Å². The summed E-state index contributed by atoms with van der Waals surface area (Å²) in [6, 6.07) is 85.4. The maximum absolute atomic E-state index is 2.50. The average molecular weight is 775 g/mol. The SMILES string of the molecule is c1ccc(-c2ccc3c4c(cccc24)C2(c4ccccc4-c4ccccc42)c2cc(N(c4ccccc4)c4ccc5c6ccccc6n(-c6ccccc6)c5c4)ccc2-3)cc1. The first-order valence-electron chi connectivity index (χ1n) is 21.2. The van der Waals surface area contributed by atoms with E-state index < -0.39 is 5.41 Å². The molecule has 0 N–H and O–H groups in total. The van der Waals surface area contributed by atoms with Gasteiger partial charge in [0.2, 0.25) is 0 Å². The van der Waals surface area contributed by atoms with Gasteiger partial charge in [0, 0.05) is 33.5 Å². The third kappa shape index (κ3) is 4.73. The molecule has 2 heteroatoms.